The van der Waals surface area contributed by atoms with Crippen molar-refractivity contribution in [2.45, 2.75) is 18.9 Å². The molecular weight excluding hydrogens is 392 g/mol. The SMILES string of the molecule is Nc1ncnc2c1c(-c1ccc(Oc3ccccc3)cc1)nn2C1CCCN(C=O)C1. The van der Waals surface area contributed by atoms with Crippen molar-refractivity contribution in [3.8, 4) is 22.8 Å². The molecule has 2 N–H and O–H groups in total. The lowest BCUT2D eigenvalue weighted by molar-refractivity contribution is -0.119. The second-order valence-corrected chi connectivity index (χ2v) is 7.59. The number of amides is 1. The predicted octanol–water partition coefficient (Wildman–Crippen LogP) is 3.66. The van der Waals surface area contributed by atoms with Crippen LogP contribution >= 0.6 is 0 Å². The molecule has 1 fully saturated rings. The number of rotatable bonds is 5. The van der Waals surface area contributed by atoms with E-state index in [1.165, 1.54) is 6.33 Å². The second-order valence-electron chi connectivity index (χ2n) is 7.59. The number of hydrogen-bond acceptors (Lipinski definition) is 6. The summed E-state index contributed by atoms with van der Waals surface area (Å²) in [5, 5.41) is 5.60. The number of nitrogens with two attached hydrogens (primary N) is 1. The highest BCUT2D eigenvalue weighted by atomic mass is 16.5. The molecule has 1 unspecified atom stereocenters. The first kappa shape index (κ1) is 19.0. The van der Waals surface area contributed by atoms with Crippen molar-refractivity contribution >= 4 is 23.3 Å². The fourth-order valence-corrected chi connectivity index (χ4v) is 4.04. The number of fused-ring (bicyclic) bond motifs is 1. The number of hydrogen-bond donors (Lipinski definition) is 1. The second kappa shape index (κ2) is 8.06. The lowest BCUT2D eigenvalue weighted by Gasteiger charge is -2.30. The maximum Gasteiger partial charge on any atom is 0.209 e. The molecule has 1 aliphatic rings. The number of para-hydroxylation sites is 1. The highest BCUT2D eigenvalue weighted by Crippen LogP contribution is 2.34. The van der Waals surface area contributed by atoms with E-state index in [-0.39, 0.29) is 6.04 Å². The Hall–Kier alpha value is -3.94. The first-order valence-corrected chi connectivity index (χ1v) is 10.2. The Kier molecular flexibility index (Phi) is 4.95. The number of carbonyl (C=O) groups is 1. The van der Waals surface area contributed by atoms with Crippen LogP contribution in [-0.4, -0.2) is 44.1 Å². The highest BCUT2D eigenvalue weighted by molar-refractivity contribution is 5.98. The molecule has 8 nitrogen and oxygen atoms in total. The molecule has 1 atom stereocenters. The number of likely N-dealkylation sites (tertiary alicyclic amines) is 1. The summed E-state index contributed by atoms with van der Waals surface area (Å²) in [6.45, 7) is 1.37. The van der Waals surface area contributed by atoms with Gasteiger partial charge in [0.15, 0.2) is 5.65 Å². The summed E-state index contributed by atoms with van der Waals surface area (Å²) < 4.78 is 7.79. The average molecular weight is 414 g/mol. The Balaban J connectivity index is 1.52. The molecule has 8 heteroatoms. The molecule has 1 saturated heterocycles. The highest BCUT2D eigenvalue weighted by Gasteiger charge is 2.26. The Morgan fingerprint density at radius 1 is 1.03 bits per heavy atom. The van der Waals surface area contributed by atoms with Crippen molar-refractivity contribution in [1.82, 2.24) is 24.6 Å². The fraction of sp³-hybridized carbons (Fsp3) is 0.217. The van der Waals surface area contributed by atoms with Crippen LogP contribution in [0.2, 0.25) is 0 Å². The van der Waals surface area contributed by atoms with Crippen LogP contribution in [0.1, 0.15) is 18.9 Å². The zero-order valence-electron chi connectivity index (χ0n) is 16.9. The first-order valence-electron chi connectivity index (χ1n) is 10.2. The monoisotopic (exact) mass is 414 g/mol. The van der Waals surface area contributed by atoms with Crippen LogP contribution in [0.5, 0.6) is 11.5 Å². The molecule has 0 bridgehead atoms. The van der Waals surface area contributed by atoms with E-state index in [0.717, 1.165) is 53.9 Å². The van der Waals surface area contributed by atoms with Gasteiger partial charge in [-0.2, -0.15) is 5.10 Å². The third kappa shape index (κ3) is 3.68. The van der Waals surface area contributed by atoms with Gasteiger partial charge in [0.1, 0.15) is 29.3 Å². The topological polar surface area (TPSA) is 99.2 Å². The Labute approximate surface area is 179 Å². The van der Waals surface area contributed by atoms with E-state index in [1.807, 2.05) is 59.3 Å². The summed E-state index contributed by atoms with van der Waals surface area (Å²) in [5.74, 6) is 1.90. The molecule has 2 aromatic heterocycles. The summed E-state index contributed by atoms with van der Waals surface area (Å²) in [7, 11) is 0. The lowest BCUT2D eigenvalue weighted by atomic mass is 10.1. The number of nitrogen functional groups attached to an aromatic ring is 1. The standard InChI is InChI=1S/C23H22N6O2/c24-22-20-21(16-8-10-19(11-9-16)31-18-6-2-1-3-7-18)27-29(23(20)26-14-25-22)17-5-4-12-28(13-17)15-30/h1-3,6-11,14-15,17H,4-5,12-13H2,(H2,24,25,26). The minimum absolute atomic E-state index is 0.0465. The van der Waals surface area contributed by atoms with E-state index in [9.17, 15) is 4.79 Å². The van der Waals surface area contributed by atoms with Gasteiger partial charge in [0.2, 0.25) is 6.41 Å². The molecular formula is C23H22N6O2. The largest absolute Gasteiger partial charge is 0.457 e. The lowest BCUT2D eigenvalue weighted by Crippen LogP contribution is -2.36. The third-order valence-corrected chi connectivity index (χ3v) is 5.55. The maximum atomic E-state index is 11.3. The fourth-order valence-electron chi connectivity index (χ4n) is 4.04. The number of benzene rings is 2. The van der Waals surface area contributed by atoms with Crippen LogP contribution in [0.4, 0.5) is 5.82 Å². The third-order valence-electron chi connectivity index (χ3n) is 5.55. The Morgan fingerprint density at radius 3 is 2.58 bits per heavy atom. The van der Waals surface area contributed by atoms with Gasteiger partial charge in [-0.05, 0) is 49.2 Å². The molecule has 156 valence electrons. The van der Waals surface area contributed by atoms with Gasteiger partial charge in [-0.25, -0.2) is 14.6 Å². The molecule has 0 spiro atoms. The molecule has 5 rings (SSSR count). The van der Waals surface area contributed by atoms with Crippen molar-refractivity contribution in [2.75, 3.05) is 18.8 Å². The van der Waals surface area contributed by atoms with Crippen LogP contribution in [0.25, 0.3) is 22.3 Å². The van der Waals surface area contributed by atoms with Gasteiger partial charge in [-0.15, -0.1) is 0 Å². The number of carbonyl (C=O) groups excluding carboxylic acids is 1. The predicted molar refractivity (Wildman–Crippen MR) is 118 cm³/mol. The van der Waals surface area contributed by atoms with Crippen molar-refractivity contribution in [3.63, 3.8) is 0 Å². The van der Waals surface area contributed by atoms with Crippen LogP contribution in [-0.2, 0) is 4.79 Å². The van der Waals surface area contributed by atoms with Gasteiger partial charge in [0.05, 0.1) is 11.4 Å². The number of aromatic nitrogens is 4. The summed E-state index contributed by atoms with van der Waals surface area (Å²) in [6, 6.07) is 17.4. The van der Waals surface area contributed by atoms with E-state index in [1.54, 1.807) is 4.90 Å². The van der Waals surface area contributed by atoms with Gasteiger partial charge >= 0.3 is 0 Å². The molecule has 1 aliphatic heterocycles. The van der Waals surface area contributed by atoms with Gasteiger partial charge in [0.25, 0.3) is 0 Å². The first-order chi connectivity index (χ1) is 15.2. The van der Waals surface area contributed by atoms with E-state index in [0.29, 0.717) is 18.0 Å². The number of piperidine rings is 1. The molecule has 2 aromatic carbocycles. The number of ether oxygens (including phenoxy) is 1. The molecule has 0 saturated carbocycles. The molecule has 0 aliphatic carbocycles. The Bertz CT molecular complexity index is 1210. The minimum Gasteiger partial charge on any atom is -0.457 e. The van der Waals surface area contributed by atoms with Crippen LogP contribution < -0.4 is 10.5 Å². The van der Waals surface area contributed by atoms with Crippen LogP contribution in [0, 0.1) is 0 Å². The van der Waals surface area contributed by atoms with E-state index >= 15 is 0 Å². The minimum atomic E-state index is 0.0465. The summed E-state index contributed by atoms with van der Waals surface area (Å²) in [6.07, 6.45) is 4.20. The molecule has 4 aromatic rings. The average Bonchev–Trinajstić information content (AvgIpc) is 3.21. The van der Waals surface area contributed by atoms with Gasteiger partial charge in [0, 0.05) is 18.7 Å². The van der Waals surface area contributed by atoms with Gasteiger partial charge in [-0.3, -0.25) is 4.79 Å². The van der Waals surface area contributed by atoms with E-state index in [4.69, 9.17) is 15.6 Å². The quantitative estimate of drug-likeness (QED) is 0.500. The van der Waals surface area contributed by atoms with E-state index < -0.39 is 0 Å². The normalized spacial score (nSPS) is 16.4. The number of anilines is 1. The maximum absolute atomic E-state index is 11.3. The van der Waals surface area contributed by atoms with Gasteiger partial charge < -0.3 is 15.4 Å². The summed E-state index contributed by atoms with van der Waals surface area (Å²) in [5.41, 5.74) is 8.53. The molecule has 1 amide bonds. The van der Waals surface area contributed by atoms with Crippen molar-refractivity contribution in [2.24, 2.45) is 0 Å². The van der Waals surface area contributed by atoms with Gasteiger partial charge in [-0.1, -0.05) is 18.2 Å². The van der Waals surface area contributed by atoms with Crippen molar-refractivity contribution < 1.29 is 9.53 Å². The summed E-state index contributed by atoms with van der Waals surface area (Å²) in [4.78, 5) is 21.7. The zero-order chi connectivity index (χ0) is 21.2. The summed E-state index contributed by atoms with van der Waals surface area (Å²) >= 11 is 0. The van der Waals surface area contributed by atoms with Crippen LogP contribution in [0.15, 0.2) is 60.9 Å². The Morgan fingerprint density at radius 2 is 1.81 bits per heavy atom. The smallest absolute Gasteiger partial charge is 0.209 e. The molecule has 31 heavy (non-hydrogen) atoms. The zero-order valence-corrected chi connectivity index (χ0v) is 16.9. The van der Waals surface area contributed by atoms with Crippen LogP contribution in [0.3, 0.4) is 0 Å². The van der Waals surface area contributed by atoms with Crippen molar-refractivity contribution in [1.29, 1.82) is 0 Å². The van der Waals surface area contributed by atoms with E-state index in [2.05, 4.69) is 9.97 Å². The van der Waals surface area contributed by atoms with Crippen molar-refractivity contribution in [3.05, 3.63) is 60.9 Å². The molecule has 3 heterocycles. The molecule has 0 radical (unpaired) electrons. The number of nitrogens with zero attached hydrogens (tertiary/aromatic N) is 5.